The maximum Gasteiger partial charge on any atom is 0.315 e. The molecule has 0 aromatic carbocycles. The molecule has 0 radical (unpaired) electrons. The molecule has 0 aromatic heterocycles. The van der Waals surface area contributed by atoms with Crippen molar-refractivity contribution in [2.24, 2.45) is 11.3 Å². The van der Waals surface area contributed by atoms with Gasteiger partial charge in [0, 0.05) is 25.1 Å². The number of nitrogens with one attached hydrogen (secondary N) is 2. The summed E-state index contributed by atoms with van der Waals surface area (Å²) in [5.41, 5.74) is -0.255. The standard InChI is InChI=1S/C15H30N2O3/c1-10(7-11(2)18)9-16-13(19)17-12-8-15(5,20-6)14(12,3)4/h10-12,18H,7-9H2,1-6H3,(H2,16,17,19). The average Bonchev–Trinajstić information content (AvgIpc) is 2.34. The van der Waals surface area contributed by atoms with Gasteiger partial charge in [-0.15, -0.1) is 0 Å². The number of aliphatic hydroxyl groups is 1. The fourth-order valence-electron chi connectivity index (χ4n) is 2.86. The molecule has 0 bridgehead atoms. The third kappa shape index (κ3) is 3.64. The van der Waals surface area contributed by atoms with E-state index in [-0.39, 0.29) is 35.1 Å². The first kappa shape index (κ1) is 17.2. The Bertz CT molecular complexity index is 344. The van der Waals surface area contributed by atoms with E-state index in [0.29, 0.717) is 13.0 Å². The van der Waals surface area contributed by atoms with Crippen LogP contribution >= 0.6 is 0 Å². The first-order valence-corrected chi connectivity index (χ1v) is 7.40. The lowest BCUT2D eigenvalue weighted by atomic mass is 9.56. The molecule has 20 heavy (non-hydrogen) atoms. The fraction of sp³-hybridized carbons (Fsp3) is 0.933. The third-order valence-electron chi connectivity index (χ3n) is 4.94. The summed E-state index contributed by atoms with van der Waals surface area (Å²) in [4.78, 5) is 11.9. The van der Waals surface area contributed by atoms with Gasteiger partial charge in [-0.2, -0.15) is 0 Å². The minimum atomic E-state index is -0.331. The summed E-state index contributed by atoms with van der Waals surface area (Å²) in [7, 11) is 1.72. The number of rotatable bonds is 6. The summed E-state index contributed by atoms with van der Waals surface area (Å²) in [6.07, 6.45) is 1.19. The predicted molar refractivity (Wildman–Crippen MR) is 79.6 cm³/mol. The summed E-state index contributed by atoms with van der Waals surface area (Å²) in [6, 6.07) is -0.0156. The molecule has 5 heteroatoms. The zero-order valence-electron chi connectivity index (χ0n) is 13.6. The van der Waals surface area contributed by atoms with Gasteiger partial charge in [-0.25, -0.2) is 4.79 Å². The Balaban J connectivity index is 2.34. The van der Waals surface area contributed by atoms with E-state index in [9.17, 15) is 9.90 Å². The van der Waals surface area contributed by atoms with Crippen LogP contribution in [0, 0.1) is 11.3 Å². The van der Waals surface area contributed by atoms with Crippen LogP contribution < -0.4 is 10.6 Å². The first-order chi connectivity index (χ1) is 9.12. The van der Waals surface area contributed by atoms with E-state index in [1.807, 2.05) is 6.92 Å². The van der Waals surface area contributed by atoms with Crippen LogP contribution in [0.3, 0.4) is 0 Å². The van der Waals surface area contributed by atoms with Gasteiger partial charge in [0.25, 0.3) is 0 Å². The third-order valence-corrected chi connectivity index (χ3v) is 4.94. The Morgan fingerprint density at radius 3 is 2.45 bits per heavy atom. The molecule has 118 valence electrons. The van der Waals surface area contributed by atoms with Gasteiger partial charge in [-0.05, 0) is 32.6 Å². The van der Waals surface area contributed by atoms with E-state index in [2.05, 4.69) is 31.4 Å². The van der Waals surface area contributed by atoms with Crippen molar-refractivity contribution < 1.29 is 14.6 Å². The van der Waals surface area contributed by atoms with E-state index >= 15 is 0 Å². The molecule has 0 heterocycles. The Labute approximate surface area is 122 Å². The van der Waals surface area contributed by atoms with Gasteiger partial charge in [-0.3, -0.25) is 0 Å². The van der Waals surface area contributed by atoms with E-state index in [0.717, 1.165) is 6.42 Å². The van der Waals surface area contributed by atoms with Crippen molar-refractivity contribution in [2.45, 2.75) is 65.2 Å². The van der Waals surface area contributed by atoms with Gasteiger partial charge in [0.2, 0.25) is 0 Å². The highest BCUT2D eigenvalue weighted by molar-refractivity contribution is 5.74. The van der Waals surface area contributed by atoms with E-state index in [1.165, 1.54) is 0 Å². The highest BCUT2D eigenvalue weighted by Gasteiger charge is 2.58. The van der Waals surface area contributed by atoms with Gasteiger partial charge in [-0.1, -0.05) is 20.8 Å². The Kier molecular flexibility index (Phi) is 5.44. The SMILES string of the molecule is COC1(C)CC(NC(=O)NCC(C)CC(C)O)C1(C)C. The van der Waals surface area contributed by atoms with E-state index in [1.54, 1.807) is 14.0 Å². The van der Waals surface area contributed by atoms with Crippen LogP contribution in [-0.4, -0.2) is 42.5 Å². The average molecular weight is 286 g/mol. The molecule has 2 amide bonds. The monoisotopic (exact) mass is 286 g/mol. The smallest absolute Gasteiger partial charge is 0.315 e. The van der Waals surface area contributed by atoms with Gasteiger partial charge in [0.1, 0.15) is 0 Å². The quantitative estimate of drug-likeness (QED) is 0.698. The highest BCUT2D eigenvalue weighted by atomic mass is 16.5. The van der Waals surface area contributed by atoms with Crippen molar-refractivity contribution in [2.75, 3.05) is 13.7 Å². The lowest BCUT2D eigenvalue weighted by Gasteiger charge is -2.59. The van der Waals surface area contributed by atoms with E-state index in [4.69, 9.17) is 4.74 Å². The summed E-state index contributed by atoms with van der Waals surface area (Å²) < 4.78 is 5.54. The summed E-state index contributed by atoms with van der Waals surface area (Å²) >= 11 is 0. The van der Waals surface area contributed by atoms with Gasteiger partial charge >= 0.3 is 6.03 Å². The summed E-state index contributed by atoms with van der Waals surface area (Å²) in [6.45, 7) is 10.7. The highest BCUT2D eigenvalue weighted by Crippen LogP contribution is 2.51. The number of hydrogen-bond acceptors (Lipinski definition) is 3. The Morgan fingerprint density at radius 1 is 1.40 bits per heavy atom. The topological polar surface area (TPSA) is 70.6 Å². The van der Waals surface area contributed by atoms with Crippen LogP contribution in [0.5, 0.6) is 0 Å². The summed E-state index contributed by atoms with van der Waals surface area (Å²) in [5, 5.41) is 15.2. The van der Waals surface area contributed by atoms with Crippen molar-refractivity contribution in [1.29, 1.82) is 0 Å². The molecule has 0 aromatic rings. The van der Waals surface area contributed by atoms with Gasteiger partial charge in [0.15, 0.2) is 0 Å². The molecule has 1 rings (SSSR count). The molecule has 4 atom stereocenters. The molecular formula is C15H30N2O3. The summed E-state index contributed by atoms with van der Waals surface area (Å²) in [5.74, 6) is 0.263. The molecule has 1 aliphatic carbocycles. The van der Waals surface area contributed by atoms with Crippen LogP contribution in [0.2, 0.25) is 0 Å². The van der Waals surface area contributed by atoms with Crippen LogP contribution in [0.1, 0.15) is 47.5 Å². The second-order valence-electron chi connectivity index (χ2n) is 6.96. The van der Waals surface area contributed by atoms with Crippen LogP contribution in [0.25, 0.3) is 0 Å². The Morgan fingerprint density at radius 2 is 2.00 bits per heavy atom. The Hall–Kier alpha value is -0.810. The molecule has 0 aliphatic heterocycles. The maximum absolute atomic E-state index is 11.9. The molecule has 3 N–H and O–H groups in total. The lowest BCUT2D eigenvalue weighted by Crippen LogP contribution is -2.69. The fourth-order valence-corrected chi connectivity index (χ4v) is 2.86. The van der Waals surface area contributed by atoms with Crippen molar-refractivity contribution >= 4 is 6.03 Å². The molecule has 0 saturated heterocycles. The number of urea groups is 1. The van der Waals surface area contributed by atoms with Crippen LogP contribution in [0.4, 0.5) is 4.79 Å². The van der Waals surface area contributed by atoms with Crippen molar-refractivity contribution in [1.82, 2.24) is 10.6 Å². The zero-order chi connectivity index (χ0) is 15.6. The number of ether oxygens (including phenoxy) is 1. The molecule has 0 spiro atoms. The molecule has 5 nitrogen and oxygen atoms in total. The van der Waals surface area contributed by atoms with Gasteiger partial charge < -0.3 is 20.5 Å². The first-order valence-electron chi connectivity index (χ1n) is 7.40. The van der Waals surface area contributed by atoms with Crippen molar-refractivity contribution in [3.05, 3.63) is 0 Å². The second kappa shape index (κ2) is 6.31. The lowest BCUT2D eigenvalue weighted by molar-refractivity contribution is -0.177. The van der Waals surface area contributed by atoms with Gasteiger partial charge in [0.05, 0.1) is 11.7 Å². The van der Waals surface area contributed by atoms with Crippen LogP contribution in [-0.2, 0) is 4.74 Å². The molecule has 4 unspecified atom stereocenters. The number of methoxy groups -OCH3 is 1. The number of carbonyl (C=O) groups excluding carboxylic acids is 1. The molecule has 1 saturated carbocycles. The number of carbonyl (C=O) groups is 1. The zero-order valence-corrected chi connectivity index (χ0v) is 13.6. The van der Waals surface area contributed by atoms with E-state index < -0.39 is 0 Å². The normalized spacial score (nSPS) is 31.1. The largest absolute Gasteiger partial charge is 0.393 e. The second-order valence-corrected chi connectivity index (χ2v) is 6.96. The predicted octanol–water partition coefficient (Wildman–Crippen LogP) is 1.90. The van der Waals surface area contributed by atoms with Crippen molar-refractivity contribution in [3.8, 4) is 0 Å². The maximum atomic E-state index is 11.9. The molecular weight excluding hydrogens is 256 g/mol. The number of hydrogen-bond donors (Lipinski definition) is 3. The minimum absolute atomic E-state index is 0.0790. The van der Waals surface area contributed by atoms with Crippen molar-refractivity contribution in [3.63, 3.8) is 0 Å². The molecule has 1 aliphatic rings. The number of amides is 2. The molecule has 1 fully saturated rings. The van der Waals surface area contributed by atoms with Crippen LogP contribution in [0.15, 0.2) is 0 Å². The number of aliphatic hydroxyl groups excluding tert-OH is 1. The minimum Gasteiger partial charge on any atom is -0.393 e.